The fraction of sp³-hybridized carbons (Fsp3) is 0.217. The highest BCUT2D eigenvalue weighted by atomic mass is 32.2. The van der Waals surface area contributed by atoms with Gasteiger partial charge < -0.3 is 14.6 Å². The summed E-state index contributed by atoms with van der Waals surface area (Å²) in [6.45, 7) is 0.706. The molecule has 8 heteroatoms. The lowest BCUT2D eigenvalue weighted by atomic mass is 10.0. The van der Waals surface area contributed by atoms with E-state index in [9.17, 15) is 18.0 Å². The van der Waals surface area contributed by atoms with Crippen molar-refractivity contribution in [1.29, 1.82) is 0 Å². The first-order valence-electron chi connectivity index (χ1n) is 9.90. The van der Waals surface area contributed by atoms with Crippen LogP contribution < -0.4 is 5.32 Å². The molecule has 1 saturated heterocycles. The monoisotopic (exact) mass is 438 g/mol. The standard InChI is InChI=1S/C23H22N2O5S/c1-31(28,29)21-14-13-20(30-21)22(26)24-18-11-9-17(10-12-18)23(27)25-15-5-8-19(25)16-6-3-2-4-7-16/h2-4,6-7,9-14,19H,5,8,15H2,1H3,(H,24,26). The van der Waals surface area contributed by atoms with Crippen LogP contribution in [0.15, 0.2) is 76.2 Å². The van der Waals surface area contributed by atoms with E-state index in [4.69, 9.17) is 4.42 Å². The lowest BCUT2D eigenvalue weighted by Crippen LogP contribution is -2.30. The van der Waals surface area contributed by atoms with E-state index in [1.807, 2.05) is 35.2 Å². The molecular weight excluding hydrogens is 416 g/mol. The summed E-state index contributed by atoms with van der Waals surface area (Å²) in [7, 11) is -3.53. The summed E-state index contributed by atoms with van der Waals surface area (Å²) in [4.78, 5) is 27.2. The van der Waals surface area contributed by atoms with Crippen LogP contribution in [0.3, 0.4) is 0 Å². The zero-order chi connectivity index (χ0) is 22.0. The number of sulfone groups is 1. The van der Waals surface area contributed by atoms with Crippen molar-refractivity contribution >= 4 is 27.3 Å². The molecule has 1 N–H and O–H groups in total. The molecule has 1 aliphatic heterocycles. The SMILES string of the molecule is CS(=O)(=O)c1ccc(C(=O)Nc2ccc(C(=O)N3CCCC3c3ccccc3)cc2)o1. The van der Waals surface area contributed by atoms with Crippen molar-refractivity contribution in [2.24, 2.45) is 0 Å². The van der Waals surface area contributed by atoms with Gasteiger partial charge in [-0.2, -0.15) is 0 Å². The number of benzene rings is 2. The Morgan fingerprint density at radius 3 is 2.35 bits per heavy atom. The van der Waals surface area contributed by atoms with Crippen LogP contribution in [0.25, 0.3) is 0 Å². The molecule has 0 saturated carbocycles. The first-order chi connectivity index (χ1) is 14.8. The van der Waals surface area contributed by atoms with Crippen molar-refractivity contribution in [3.05, 3.63) is 83.6 Å². The molecule has 0 aliphatic carbocycles. The summed E-state index contributed by atoms with van der Waals surface area (Å²) in [5.74, 6) is -0.728. The number of nitrogens with zero attached hydrogens (tertiary/aromatic N) is 1. The summed E-state index contributed by atoms with van der Waals surface area (Å²) in [6, 6.07) is 19.2. The number of amides is 2. The minimum absolute atomic E-state index is 0.0481. The van der Waals surface area contributed by atoms with Crippen LogP contribution in [0.2, 0.25) is 0 Å². The number of rotatable bonds is 5. The van der Waals surface area contributed by atoms with Crippen molar-refractivity contribution in [2.75, 3.05) is 18.1 Å². The van der Waals surface area contributed by atoms with Gasteiger partial charge in [0.2, 0.25) is 14.9 Å². The lowest BCUT2D eigenvalue weighted by molar-refractivity contribution is 0.0735. The molecule has 1 unspecified atom stereocenters. The highest BCUT2D eigenvalue weighted by Gasteiger charge is 2.30. The Hall–Kier alpha value is -3.39. The molecule has 4 rings (SSSR count). The summed E-state index contributed by atoms with van der Waals surface area (Å²) in [5, 5.41) is 2.37. The van der Waals surface area contributed by atoms with Gasteiger partial charge in [-0.3, -0.25) is 9.59 Å². The van der Waals surface area contributed by atoms with Gasteiger partial charge >= 0.3 is 0 Å². The Balaban J connectivity index is 1.45. The fourth-order valence-corrected chi connectivity index (χ4v) is 4.28. The summed E-state index contributed by atoms with van der Waals surface area (Å²) < 4.78 is 28.1. The Morgan fingerprint density at radius 1 is 1.00 bits per heavy atom. The zero-order valence-electron chi connectivity index (χ0n) is 16.9. The number of carbonyl (C=O) groups is 2. The second kappa shape index (κ2) is 8.39. The molecule has 1 aromatic heterocycles. The number of nitrogens with one attached hydrogen (secondary N) is 1. The number of likely N-dealkylation sites (tertiary alicyclic amines) is 1. The average molecular weight is 439 g/mol. The normalized spacial score (nSPS) is 16.3. The third-order valence-electron chi connectivity index (χ3n) is 5.26. The molecule has 0 bridgehead atoms. The summed E-state index contributed by atoms with van der Waals surface area (Å²) in [6.07, 6.45) is 2.90. The Bertz CT molecular complexity index is 1200. The van der Waals surface area contributed by atoms with Gasteiger partial charge in [0, 0.05) is 24.1 Å². The van der Waals surface area contributed by atoms with E-state index < -0.39 is 15.7 Å². The molecule has 0 radical (unpaired) electrons. The highest BCUT2D eigenvalue weighted by Crippen LogP contribution is 2.33. The lowest BCUT2D eigenvalue weighted by Gasteiger charge is -2.25. The van der Waals surface area contributed by atoms with Crippen LogP contribution in [0.5, 0.6) is 0 Å². The van der Waals surface area contributed by atoms with Gasteiger partial charge in [-0.25, -0.2) is 8.42 Å². The van der Waals surface area contributed by atoms with E-state index in [1.54, 1.807) is 24.3 Å². The Morgan fingerprint density at radius 2 is 1.71 bits per heavy atom. The maximum absolute atomic E-state index is 13.0. The van der Waals surface area contributed by atoms with Crippen molar-refractivity contribution in [1.82, 2.24) is 4.90 Å². The van der Waals surface area contributed by atoms with Crippen LogP contribution in [0, 0.1) is 0 Å². The van der Waals surface area contributed by atoms with Crippen LogP contribution in [-0.2, 0) is 9.84 Å². The molecule has 2 aromatic carbocycles. The molecule has 1 atom stereocenters. The van der Waals surface area contributed by atoms with Gasteiger partial charge in [0.1, 0.15) is 0 Å². The van der Waals surface area contributed by atoms with Crippen LogP contribution in [0.1, 0.15) is 45.4 Å². The number of anilines is 1. The fourth-order valence-electron chi connectivity index (χ4n) is 3.73. The van der Waals surface area contributed by atoms with Gasteiger partial charge in [0.05, 0.1) is 6.04 Å². The molecule has 1 fully saturated rings. The number of hydrogen-bond donors (Lipinski definition) is 1. The zero-order valence-corrected chi connectivity index (χ0v) is 17.8. The van der Waals surface area contributed by atoms with E-state index >= 15 is 0 Å². The molecule has 160 valence electrons. The first-order valence-corrected chi connectivity index (χ1v) is 11.8. The maximum atomic E-state index is 13.0. The van der Waals surface area contributed by atoms with Crippen LogP contribution in [0.4, 0.5) is 5.69 Å². The molecule has 1 aliphatic rings. The smallest absolute Gasteiger partial charge is 0.291 e. The van der Waals surface area contributed by atoms with Crippen molar-refractivity contribution in [2.45, 2.75) is 24.0 Å². The molecule has 0 spiro atoms. The third kappa shape index (κ3) is 4.54. The van der Waals surface area contributed by atoms with Gasteiger partial charge in [0.15, 0.2) is 5.76 Å². The topological polar surface area (TPSA) is 96.7 Å². The van der Waals surface area contributed by atoms with Gasteiger partial charge in [-0.15, -0.1) is 0 Å². The molecule has 3 aromatic rings. The summed E-state index contributed by atoms with van der Waals surface area (Å²) in [5.41, 5.74) is 2.14. The van der Waals surface area contributed by atoms with E-state index in [0.29, 0.717) is 17.8 Å². The maximum Gasteiger partial charge on any atom is 0.291 e. The minimum Gasteiger partial charge on any atom is -0.440 e. The third-order valence-corrected chi connectivity index (χ3v) is 6.21. The molecule has 2 heterocycles. The second-order valence-electron chi connectivity index (χ2n) is 7.49. The number of carbonyl (C=O) groups excluding carboxylic acids is 2. The second-order valence-corrected chi connectivity index (χ2v) is 9.44. The average Bonchev–Trinajstić information content (AvgIpc) is 3.44. The van der Waals surface area contributed by atoms with Crippen LogP contribution in [-0.4, -0.2) is 37.9 Å². The largest absolute Gasteiger partial charge is 0.440 e. The van der Waals surface area contributed by atoms with E-state index in [2.05, 4.69) is 5.32 Å². The number of hydrogen-bond acceptors (Lipinski definition) is 5. The van der Waals surface area contributed by atoms with Crippen LogP contribution >= 0.6 is 0 Å². The van der Waals surface area contributed by atoms with Crippen molar-refractivity contribution in [3.8, 4) is 0 Å². The van der Waals surface area contributed by atoms with Gasteiger partial charge in [-0.1, -0.05) is 30.3 Å². The van der Waals surface area contributed by atoms with Crippen molar-refractivity contribution in [3.63, 3.8) is 0 Å². The van der Waals surface area contributed by atoms with Crippen molar-refractivity contribution < 1.29 is 22.4 Å². The quantitative estimate of drug-likeness (QED) is 0.651. The van der Waals surface area contributed by atoms with E-state index in [1.165, 1.54) is 12.1 Å². The predicted molar refractivity (Wildman–Crippen MR) is 116 cm³/mol. The van der Waals surface area contributed by atoms with E-state index in [-0.39, 0.29) is 22.8 Å². The Kier molecular flexibility index (Phi) is 5.65. The van der Waals surface area contributed by atoms with Gasteiger partial charge in [-0.05, 0) is 54.8 Å². The first kappa shape index (κ1) is 20.9. The minimum atomic E-state index is -3.53. The predicted octanol–water partition coefficient (Wildman–Crippen LogP) is 3.91. The Labute approximate surface area is 180 Å². The summed E-state index contributed by atoms with van der Waals surface area (Å²) >= 11 is 0. The molecule has 31 heavy (non-hydrogen) atoms. The molecular formula is C23H22N2O5S. The number of furan rings is 1. The highest BCUT2D eigenvalue weighted by molar-refractivity contribution is 7.90. The molecule has 2 amide bonds. The van der Waals surface area contributed by atoms with Gasteiger partial charge in [0.25, 0.3) is 11.8 Å². The molecule has 7 nitrogen and oxygen atoms in total. The van der Waals surface area contributed by atoms with E-state index in [0.717, 1.165) is 24.7 Å².